The average Bonchev–Trinajstić information content (AvgIpc) is 3.04. The molecule has 4 heteroatoms. The fraction of sp³-hybridized carbons (Fsp3) is 0.917. The van der Waals surface area contributed by atoms with Gasteiger partial charge in [-0.15, -0.1) is 0 Å². The molecule has 3 N–H and O–H groups in total. The van der Waals surface area contributed by atoms with Gasteiger partial charge in [0.1, 0.15) is 0 Å². The molecule has 0 bridgehead atoms. The molecule has 0 aromatic heterocycles. The molecule has 2 fully saturated rings. The lowest BCUT2D eigenvalue weighted by Gasteiger charge is -2.46. The molecule has 2 saturated carbocycles. The maximum Gasteiger partial charge on any atom is 0.230 e. The molecule has 0 aromatic carbocycles. The summed E-state index contributed by atoms with van der Waals surface area (Å²) < 4.78 is 0. The van der Waals surface area contributed by atoms with E-state index in [9.17, 15) is 4.79 Å². The predicted molar refractivity (Wildman–Crippen MR) is 61.7 cm³/mol. The van der Waals surface area contributed by atoms with Crippen molar-refractivity contribution in [2.24, 2.45) is 17.1 Å². The minimum absolute atomic E-state index is 0.0540. The summed E-state index contributed by atoms with van der Waals surface area (Å²) in [5.41, 5.74) is 5.47. The van der Waals surface area contributed by atoms with Crippen LogP contribution in [0.3, 0.4) is 0 Å². The van der Waals surface area contributed by atoms with Crippen molar-refractivity contribution in [2.75, 3.05) is 19.7 Å². The highest BCUT2D eigenvalue weighted by Gasteiger charge is 2.50. The van der Waals surface area contributed by atoms with E-state index >= 15 is 0 Å². The SMILES string of the molecule is CC1CC(CN)(C(=O)N(CCO)C2CC2)C1. The Morgan fingerprint density at radius 3 is 2.50 bits per heavy atom. The van der Waals surface area contributed by atoms with Gasteiger partial charge in [-0.3, -0.25) is 4.79 Å². The Morgan fingerprint density at radius 2 is 2.12 bits per heavy atom. The van der Waals surface area contributed by atoms with Crippen molar-refractivity contribution in [1.82, 2.24) is 4.90 Å². The van der Waals surface area contributed by atoms with Crippen LogP contribution in [0.4, 0.5) is 0 Å². The van der Waals surface area contributed by atoms with Gasteiger partial charge in [0.2, 0.25) is 5.91 Å². The van der Waals surface area contributed by atoms with Gasteiger partial charge in [0.05, 0.1) is 12.0 Å². The number of hydrogen-bond donors (Lipinski definition) is 2. The summed E-state index contributed by atoms with van der Waals surface area (Å²) in [5, 5.41) is 9.02. The Labute approximate surface area is 96.8 Å². The van der Waals surface area contributed by atoms with Crippen molar-refractivity contribution < 1.29 is 9.90 Å². The Bertz CT molecular complexity index is 270. The molecular weight excluding hydrogens is 204 g/mol. The zero-order valence-electron chi connectivity index (χ0n) is 9.98. The van der Waals surface area contributed by atoms with Crippen molar-refractivity contribution in [1.29, 1.82) is 0 Å². The van der Waals surface area contributed by atoms with Crippen molar-refractivity contribution in [3.05, 3.63) is 0 Å². The lowest BCUT2D eigenvalue weighted by atomic mass is 9.62. The Hall–Kier alpha value is -0.610. The van der Waals surface area contributed by atoms with Gasteiger partial charge in [0.15, 0.2) is 0 Å². The van der Waals surface area contributed by atoms with Crippen molar-refractivity contribution >= 4 is 5.91 Å². The third-order valence-corrected chi connectivity index (χ3v) is 3.91. The van der Waals surface area contributed by atoms with Gasteiger partial charge in [-0.2, -0.15) is 0 Å². The number of carbonyl (C=O) groups is 1. The summed E-state index contributed by atoms with van der Waals surface area (Å²) in [6.45, 7) is 3.14. The Morgan fingerprint density at radius 1 is 1.50 bits per heavy atom. The van der Waals surface area contributed by atoms with Crippen LogP contribution >= 0.6 is 0 Å². The van der Waals surface area contributed by atoms with Gasteiger partial charge in [0.25, 0.3) is 0 Å². The summed E-state index contributed by atoms with van der Waals surface area (Å²) in [7, 11) is 0. The summed E-state index contributed by atoms with van der Waals surface area (Å²) in [4.78, 5) is 14.3. The van der Waals surface area contributed by atoms with Crippen LogP contribution in [0.15, 0.2) is 0 Å². The van der Waals surface area contributed by atoms with Gasteiger partial charge >= 0.3 is 0 Å². The second-order valence-corrected chi connectivity index (χ2v) is 5.45. The number of nitrogens with two attached hydrogens (primary N) is 1. The molecule has 2 rings (SSSR count). The zero-order chi connectivity index (χ0) is 11.8. The summed E-state index contributed by atoms with van der Waals surface area (Å²) in [6.07, 6.45) is 4.00. The molecule has 0 aliphatic heterocycles. The first-order valence-electron chi connectivity index (χ1n) is 6.25. The van der Waals surface area contributed by atoms with Gasteiger partial charge in [0, 0.05) is 19.1 Å². The van der Waals surface area contributed by atoms with E-state index in [4.69, 9.17) is 10.8 Å². The fourth-order valence-electron chi connectivity index (χ4n) is 2.95. The van der Waals surface area contributed by atoms with Gasteiger partial charge < -0.3 is 15.7 Å². The fourth-order valence-corrected chi connectivity index (χ4v) is 2.95. The second kappa shape index (κ2) is 4.34. The molecule has 16 heavy (non-hydrogen) atoms. The molecule has 0 spiro atoms. The quantitative estimate of drug-likeness (QED) is 0.710. The number of carbonyl (C=O) groups excluding carboxylic acids is 1. The lowest BCUT2D eigenvalue weighted by Crippen LogP contribution is -2.55. The highest BCUT2D eigenvalue weighted by atomic mass is 16.3. The maximum absolute atomic E-state index is 12.4. The van der Waals surface area contributed by atoms with E-state index in [1.165, 1.54) is 0 Å². The first-order chi connectivity index (χ1) is 7.63. The van der Waals surface area contributed by atoms with Crippen LogP contribution < -0.4 is 5.73 Å². The van der Waals surface area contributed by atoms with E-state index in [2.05, 4.69) is 6.92 Å². The molecule has 0 aromatic rings. The summed E-state index contributed by atoms with van der Waals surface area (Å²) >= 11 is 0. The molecule has 92 valence electrons. The van der Waals surface area contributed by atoms with Crippen LogP contribution in [0.2, 0.25) is 0 Å². The third kappa shape index (κ3) is 1.96. The van der Waals surface area contributed by atoms with E-state index in [-0.39, 0.29) is 17.9 Å². The number of nitrogens with zero attached hydrogens (tertiary/aromatic N) is 1. The van der Waals surface area contributed by atoms with Gasteiger partial charge in [-0.05, 0) is 31.6 Å². The van der Waals surface area contributed by atoms with Gasteiger partial charge in [-0.1, -0.05) is 6.92 Å². The van der Waals surface area contributed by atoms with Crippen molar-refractivity contribution in [3.8, 4) is 0 Å². The molecule has 4 nitrogen and oxygen atoms in total. The van der Waals surface area contributed by atoms with Crippen LogP contribution in [0.25, 0.3) is 0 Å². The number of amides is 1. The van der Waals surface area contributed by atoms with Crippen LogP contribution in [0.5, 0.6) is 0 Å². The highest BCUT2D eigenvalue weighted by Crippen LogP contribution is 2.47. The largest absolute Gasteiger partial charge is 0.395 e. The van der Waals surface area contributed by atoms with Crippen LogP contribution in [-0.4, -0.2) is 41.7 Å². The van der Waals surface area contributed by atoms with Crippen molar-refractivity contribution in [2.45, 2.75) is 38.6 Å². The molecule has 0 atom stereocenters. The standard InChI is InChI=1S/C12H22N2O2/c1-9-6-12(7-9,8-13)11(16)14(4-5-15)10-2-3-10/h9-10,15H,2-8,13H2,1H3. The third-order valence-electron chi connectivity index (χ3n) is 3.91. The molecule has 2 aliphatic carbocycles. The number of hydrogen-bond acceptors (Lipinski definition) is 3. The van der Waals surface area contributed by atoms with E-state index in [1.54, 1.807) is 0 Å². The molecule has 2 aliphatic rings. The molecule has 0 saturated heterocycles. The normalized spacial score (nSPS) is 33.3. The van der Waals surface area contributed by atoms with E-state index in [0.29, 0.717) is 25.0 Å². The molecule has 1 amide bonds. The Kier molecular flexibility index (Phi) is 3.22. The highest BCUT2D eigenvalue weighted by molar-refractivity contribution is 5.84. The van der Waals surface area contributed by atoms with Crippen LogP contribution in [0, 0.1) is 11.3 Å². The smallest absolute Gasteiger partial charge is 0.230 e. The number of aliphatic hydroxyl groups excluding tert-OH is 1. The van der Waals surface area contributed by atoms with E-state index in [0.717, 1.165) is 25.7 Å². The zero-order valence-corrected chi connectivity index (χ0v) is 9.98. The minimum atomic E-state index is -0.308. The maximum atomic E-state index is 12.4. The van der Waals surface area contributed by atoms with Crippen molar-refractivity contribution in [3.63, 3.8) is 0 Å². The summed E-state index contributed by atoms with van der Waals surface area (Å²) in [6, 6.07) is 0.374. The van der Waals surface area contributed by atoms with E-state index < -0.39 is 0 Å². The minimum Gasteiger partial charge on any atom is -0.395 e. The second-order valence-electron chi connectivity index (χ2n) is 5.45. The average molecular weight is 226 g/mol. The van der Waals surface area contributed by atoms with Crippen LogP contribution in [0.1, 0.15) is 32.6 Å². The first-order valence-corrected chi connectivity index (χ1v) is 6.25. The molecular formula is C12H22N2O2. The topological polar surface area (TPSA) is 66.6 Å². The Balaban J connectivity index is 2.03. The monoisotopic (exact) mass is 226 g/mol. The lowest BCUT2D eigenvalue weighted by molar-refractivity contribution is -0.150. The van der Waals surface area contributed by atoms with Crippen LogP contribution in [-0.2, 0) is 4.79 Å². The molecule has 0 unspecified atom stereocenters. The first kappa shape index (κ1) is 11.9. The van der Waals surface area contributed by atoms with Gasteiger partial charge in [-0.25, -0.2) is 0 Å². The summed E-state index contributed by atoms with van der Waals surface area (Å²) in [5.74, 6) is 0.798. The molecule has 0 radical (unpaired) electrons. The number of aliphatic hydroxyl groups is 1. The van der Waals surface area contributed by atoms with E-state index in [1.807, 2.05) is 4.90 Å². The molecule has 0 heterocycles. The number of rotatable bonds is 5. The predicted octanol–water partition coefficient (Wildman–Crippen LogP) is 0.345.